The Labute approximate surface area is 114 Å². The second kappa shape index (κ2) is 5.80. The van der Waals surface area contributed by atoms with Crippen LogP contribution in [-0.2, 0) is 6.42 Å². The maximum absolute atomic E-state index is 9.19. The number of aryl methyl sites for hydroxylation is 1. The first-order chi connectivity index (χ1) is 9.02. The molecular weight excluding hydrogens is 242 g/mol. The highest BCUT2D eigenvalue weighted by molar-refractivity contribution is 5.48. The van der Waals surface area contributed by atoms with Crippen molar-refractivity contribution < 1.29 is 14.6 Å². The van der Waals surface area contributed by atoms with Gasteiger partial charge >= 0.3 is 0 Å². The zero-order chi connectivity index (χ0) is 13.9. The molecule has 0 aromatic heterocycles. The molecule has 106 valence electrons. The number of aliphatic hydroxyl groups is 1. The SMILES string of the molecule is Cc1cc2c(cc1CCNCC(C)(C)CO)OCO2. The first-order valence-electron chi connectivity index (χ1n) is 6.72. The zero-order valence-electron chi connectivity index (χ0n) is 12.0. The van der Waals surface area contributed by atoms with Gasteiger partial charge in [-0.2, -0.15) is 0 Å². The molecule has 4 nitrogen and oxygen atoms in total. The molecule has 0 spiro atoms. The van der Waals surface area contributed by atoms with E-state index in [0.29, 0.717) is 6.79 Å². The van der Waals surface area contributed by atoms with Crippen molar-refractivity contribution in [3.8, 4) is 11.5 Å². The summed E-state index contributed by atoms with van der Waals surface area (Å²) in [5, 5.41) is 12.6. The van der Waals surface area contributed by atoms with Gasteiger partial charge in [-0.3, -0.25) is 0 Å². The number of fused-ring (bicyclic) bond motifs is 1. The molecular formula is C15H23NO3. The minimum Gasteiger partial charge on any atom is -0.454 e. The number of benzene rings is 1. The molecule has 0 unspecified atom stereocenters. The lowest BCUT2D eigenvalue weighted by molar-refractivity contribution is 0.157. The van der Waals surface area contributed by atoms with Crippen LogP contribution in [0.25, 0.3) is 0 Å². The molecule has 0 amide bonds. The molecule has 1 aromatic rings. The summed E-state index contributed by atoms with van der Waals surface area (Å²) in [5.74, 6) is 1.69. The standard InChI is InChI=1S/C15H23NO3/c1-11-6-13-14(19-10-18-13)7-12(11)4-5-16-8-15(2,3)9-17/h6-7,16-17H,4-5,8-10H2,1-3H3. The molecule has 0 atom stereocenters. The first kappa shape index (κ1) is 14.2. The van der Waals surface area contributed by atoms with Crippen LogP contribution in [0.3, 0.4) is 0 Å². The minimum atomic E-state index is -0.0655. The lowest BCUT2D eigenvalue weighted by Crippen LogP contribution is -2.33. The molecule has 0 bridgehead atoms. The van der Waals surface area contributed by atoms with Crippen LogP contribution >= 0.6 is 0 Å². The summed E-state index contributed by atoms with van der Waals surface area (Å²) in [5.41, 5.74) is 2.44. The van der Waals surface area contributed by atoms with Gasteiger partial charge in [0.05, 0.1) is 0 Å². The van der Waals surface area contributed by atoms with Crippen molar-refractivity contribution >= 4 is 0 Å². The van der Waals surface area contributed by atoms with Crippen LogP contribution in [0, 0.1) is 12.3 Å². The topological polar surface area (TPSA) is 50.7 Å². The van der Waals surface area contributed by atoms with Gasteiger partial charge in [-0.15, -0.1) is 0 Å². The molecule has 2 rings (SSSR count). The Hall–Kier alpha value is -1.26. The van der Waals surface area contributed by atoms with Gasteiger partial charge in [-0.1, -0.05) is 13.8 Å². The van der Waals surface area contributed by atoms with E-state index in [4.69, 9.17) is 9.47 Å². The van der Waals surface area contributed by atoms with Gasteiger partial charge in [0.2, 0.25) is 6.79 Å². The van der Waals surface area contributed by atoms with E-state index in [-0.39, 0.29) is 12.0 Å². The Morgan fingerprint density at radius 2 is 1.95 bits per heavy atom. The highest BCUT2D eigenvalue weighted by Crippen LogP contribution is 2.34. The van der Waals surface area contributed by atoms with Gasteiger partial charge in [0.15, 0.2) is 11.5 Å². The fraction of sp³-hybridized carbons (Fsp3) is 0.600. The lowest BCUT2D eigenvalue weighted by Gasteiger charge is -2.22. The normalized spacial score (nSPS) is 13.9. The van der Waals surface area contributed by atoms with Gasteiger partial charge in [0, 0.05) is 18.6 Å². The third kappa shape index (κ3) is 3.61. The maximum atomic E-state index is 9.19. The molecule has 0 aliphatic carbocycles. The smallest absolute Gasteiger partial charge is 0.231 e. The average Bonchev–Trinajstić information content (AvgIpc) is 2.81. The van der Waals surface area contributed by atoms with E-state index < -0.39 is 0 Å². The molecule has 1 heterocycles. The third-order valence-electron chi connectivity index (χ3n) is 3.43. The molecule has 2 N–H and O–H groups in total. The van der Waals surface area contributed by atoms with E-state index >= 15 is 0 Å². The number of ether oxygens (including phenoxy) is 2. The van der Waals surface area contributed by atoms with Crippen LogP contribution in [0.2, 0.25) is 0 Å². The summed E-state index contributed by atoms with van der Waals surface area (Å²) < 4.78 is 10.7. The molecule has 1 aromatic carbocycles. The fourth-order valence-corrected chi connectivity index (χ4v) is 2.06. The van der Waals surface area contributed by atoms with Crippen LogP contribution in [0.5, 0.6) is 11.5 Å². The zero-order valence-corrected chi connectivity index (χ0v) is 12.0. The second-order valence-electron chi connectivity index (χ2n) is 5.88. The summed E-state index contributed by atoms with van der Waals surface area (Å²) in [7, 11) is 0. The maximum Gasteiger partial charge on any atom is 0.231 e. The average molecular weight is 265 g/mol. The highest BCUT2D eigenvalue weighted by atomic mass is 16.7. The number of aliphatic hydroxyl groups excluding tert-OH is 1. The van der Waals surface area contributed by atoms with Crippen molar-refractivity contribution in [2.24, 2.45) is 5.41 Å². The molecule has 19 heavy (non-hydrogen) atoms. The third-order valence-corrected chi connectivity index (χ3v) is 3.43. The van der Waals surface area contributed by atoms with Crippen molar-refractivity contribution in [1.82, 2.24) is 5.32 Å². The lowest BCUT2D eigenvalue weighted by atomic mass is 9.95. The van der Waals surface area contributed by atoms with Crippen LogP contribution in [0.4, 0.5) is 0 Å². The van der Waals surface area contributed by atoms with Crippen molar-refractivity contribution in [3.05, 3.63) is 23.3 Å². The predicted molar refractivity (Wildman–Crippen MR) is 74.7 cm³/mol. The Morgan fingerprint density at radius 1 is 1.26 bits per heavy atom. The van der Waals surface area contributed by atoms with E-state index in [9.17, 15) is 5.11 Å². The number of rotatable bonds is 6. The van der Waals surface area contributed by atoms with Crippen molar-refractivity contribution in [1.29, 1.82) is 0 Å². The summed E-state index contributed by atoms with van der Waals surface area (Å²) >= 11 is 0. The molecule has 1 aliphatic heterocycles. The van der Waals surface area contributed by atoms with E-state index in [1.807, 2.05) is 19.9 Å². The fourth-order valence-electron chi connectivity index (χ4n) is 2.06. The Balaban J connectivity index is 1.87. The van der Waals surface area contributed by atoms with Gasteiger partial charge in [-0.05, 0) is 43.1 Å². The molecule has 0 saturated carbocycles. The monoisotopic (exact) mass is 265 g/mol. The number of hydrogen-bond acceptors (Lipinski definition) is 4. The van der Waals surface area contributed by atoms with Crippen LogP contribution in [-0.4, -0.2) is 31.6 Å². The van der Waals surface area contributed by atoms with E-state index in [0.717, 1.165) is 31.0 Å². The Morgan fingerprint density at radius 3 is 2.63 bits per heavy atom. The molecule has 0 saturated heterocycles. The van der Waals surface area contributed by atoms with Crippen molar-refractivity contribution in [2.45, 2.75) is 27.2 Å². The van der Waals surface area contributed by atoms with Gasteiger partial charge in [0.25, 0.3) is 0 Å². The number of nitrogens with one attached hydrogen (secondary N) is 1. The molecule has 1 aliphatic rings. The quantitative estimate of drug-likeness (QED) is 0.771. The van der Waals surface area contributed by atoms with Gasteiger partial charge in [0.1, 0.15) is 0 Å². The van der Waals surface area contributed by atoms with Crippen LogP contribution < -0.4 is 14.8 Å². The minimum absolute atomic E-state index is 0.0655. The highest BCUT2D eigenvalue weighted by Gasteiger charge is 2.17. The van der Waals surface area contributed by atoms with Crippen molar-refractivity contribution in [3.63, 3.8) is 0 Å². The van der Waals surface area contributed by atoms with Crippen molar-refractivity contribution in [2.75, 3.05) is 26.5 Å². The van der Waals surface area contributed by atoms with E-state index in [1.54, 1.807) is 0 Å². The van der Waals surface area contributed by atoms with E-state index in [2.05, 4.69) is 18.3 Å². The van der Waals surface area contributed by atoms with E-state index in [1.165, 1.54) is 11.1 Å². The van der Waals surface area contributed by atoms with Gasteiger partial charge < -0.3 is 19.9 Å². The molecule has 0 fully saturated rings. The molecule has 4 heteroatoms. The molecule has 0 radical (unpaired) electrons. The summed E-state index contributed by atoms with van der Waals surface area (Å²) in [4.78, 5) is 0. The summed E-state index contributed by atoms with van der Waals surface area (Å²) in [6.07, 6.45) is 0.948. The first-order valence-corrected chi connectivity index (χ1v) is 6.72. The second-order valence-corrected chi connectivity index (χ2v) is 5.88. The predicted octanol–water partition coefficient (Wildman–Crippen LogP) is 1.87. The van der Waals surface area contributed by atoms with Crippen LogP contribution in [0.1, 0.15) is 25.0 Å². The number of hydrogen-bond donors (Lipinski definition) is 2. The largest absolute Gasteiger partial charge is 0.454 e. The summed E-state index contributed by atoms with van der Waals surface area (Å²) in [6.45, 7) is 8.41. The van der Waals surface area contributed by atoms with Crippen LogP contribution in [0.15, 0.2) is 12.1 Å². The Bertz CT molecular complexity index is 443. The van der Waals surface area contributed by atoms with Gasteiger partial charge in [-0.25, -0.2) is 0 Å². The Kier molecular flexibility index (Phi) is 4.32. The summed E-state index contributed by atoms with van der Waals surface area (Å²) in [6, 6.07) is 4.10.